The van der Waals surface area contributed by atoms with Crippen molar-refractivity contribution >= 4 is 11.7 Å². The number of rotatable bonds is 5. The van der Waals surface area contributed by atoms with Crippen molar-refractivity contribution in [3.8, 4) is 29.4 Å². The van der Waals surface area contributed by atoms with Crippen LogP contribution in [0.1, 0.15) is 21.5 Å². The van der Waals surface area contributed by atoms with Crippen LogP contribution >= 0.6 is 0 Å². The van der Waals surface area contributed by atoms with Crippen LogP contribution in [0.5, 0.6) is 17.2 Å². The minimum Gasteiger partial charge on any atom is -0.449 e. The van der Waals surface area contributed by atoms with Gasteiger partial charge in [-0.25, -0.2) is 4.79 Å². The number of ether oxygens (including phenoxy) is 2. The molecule has 140 valence electrons. The Labute approximate surface area is 164 Å². The summed E-state index contributed by atoms with van der Waals surface area (Å²) in [5.74, 6) is -0.664. The summed E-state index contributed by atoms with van der Waals surface area (Å²) in [6.45, 7) is 0. The number of nitro groups is 1. The van der Waals surface area contributed by atoms with E-state index in [1.165, 1.54) is 12.1 Å². The number of nitriles is 2. The first kappa shape index (κ1) is 19.1. The summed E-state index contributed by atoms with van der Waals surface area (Å²) in [5.41, 5.74) is -0.707. The van der Waals surface area contributed by atoms with E-state index in [0.717, 1.165) is 12.1 Å². The topological polar surface area (TPSA) is 126 Å². The lowest BCUT2D eigenvalue weighted by Crippen LogP contribution is -2.10. The van der Waals surface area contributed by atoms with E-state index in [1.807, 2.05) is 0 Å². The largest absolute Gasteiger partial charge is 0.449 e. The van der Waals surface area contributed by atoms with Crippen LogP contribution in [-0.4, -0.2) is 10.9 Å². The second-order valence-corrected chi connectivity index (χ2v) is 5.65. The molecule has 0 N–H and O–H groups in total. The zero-order valence-electron chi connectivity index (χ0n) is 14.7. The van der Waals surface area contributed by atoms with Gasteiger partial charge in [0.1, 0.15) is 29.2 Å². The molecule has 0 aliphatic heterocycles. The number of para-hydroxylation sites is 2. The maximum absolute atomic E-state index is 12.5. The highest BCUT2D eigenvalue weighted by molar-refractivity contribution is 5.94. The number of carbonyl (C=O) groups is 1. The van der Waals surface area contributed by atoms with Gasteiger partial charge in [0.25, 0.3) is 0 Å². The molecule has 0 bridgehead atoms. The van der Waals surface area contributed by atoms with Crippen molar-refractivity contribution < 1.29 is 19.2 Å². The smallest absolute Gasteiger partial charge is 0.347 e. The number of hydrogen-bond acceptors (Lipinski definition) is 7. The average Bonchev–Trinajstić information content (AvgIpc) is 2.74. The molecule has 29 heavy (non-hydrogen) atoms. The molecule has 3 aromatic carbocycles. The first-order valence-corrected chi connectivity index (χ1v) is 8.20. The number of esters is 1. The van der Waals surface area contributed by atoms with Gasteiger partial charge in [0, 0.05) is 12.1 Å². The second kappa shape index (κ2) is 8.33. The Morgan fingerprint density at radius 1 is 0.897 bits per heavy atom. The number of nitro benzene ring substituents is 1. The van der Waals surface area contributed by atoms with Crippen LogP contribution in [0.4, 0.5) is 5.69 Å². The van der Waals surface area contributed by atoms with E-state index in [-0.39, 0.29) is 28.2 Å². The van der Waals surface area contributed by atoms with Crippen molar-refractivity contribution in [3.63, 3.8) is 0 Å². The van der Waals surface area contributed by atoms with Crippen molar-refractivity contribution in [2.75, 3.05) is 0 Å². The predicted molar refractivity (Wildman–Crippen MR) is 100 cm³/mol. The number of hydrogen-bond donors (Lipinski definition) is 0. The third-order valence-electron chi connectivity index (χ3n) is 3.82. The number of carbonyl (C=O) groups excluding carboxylic acids is 1. The Bertz CT molecular complexity index is 1180. The molecular weight excluding hydrogens is 374 g/mol. The van der Waals surface area contributed by atoms with Gasteiger partial charge in [-0.3, -0.25) is 10.1 Å². The molecule has 0 saturated carbocycles. The van der Waals surface area contributed by atoms with Gasteiger partial charge in [-0.1, -0.05) is 30.3 Å². The quantitative estimate of drug-likeness (QED) is 0.276. The summed E-state index contributed by atoms with van der Waals surface area (Å²) in [5, 5.41) is 29.6. The Morgan fingerprint density at radius 2 is 1.52 bits per heavy atom. The van der Waals surface area contributed by atoms with Crippen molar-refractivity contribution in [3.05, 3.63) is 93.5 Å². The lowest BCUT2D eigenvalue weighted by atomic mass is 10.1. The second-order valence-electron chi connectivity index (χ2n) is 5.65. The van der Waals surface area contributed by atoms with Gasteiger partial charge in [0.05, 0.1) is 16.1 Å². The van der Waals surface area contributed by atoms with Crippen LogP contribution in [0.15, 0.2) is 66.7 Å². The van der Waals surface area contributed by atoms with E-state index in [9.17, 15) is 20.2 Å². The summed E-state index contributed by atoms with van der Waals surface area (Å²) in [6, 6.07) is 20.0. The highest BCUT2D eigenvalue weighted by Crippen LogP contribution is 2.35. The van der Waals surface area contributed by atoms with Gasteiger partial charge in [0.2, 0.25) is 5.75 Å². The maximum atomic E-state index is 12.5. The van der Waals surface area contributed by atoms with Gasteiger partial charge in [0.15, 0.2) is 0 Å². The Balaban J connectivity index is 2.00. The summed E-state index contributed by atoms with van der Waals surface area (Å²) < 4.78 is 10.9. The molecule has 3 rings (SSSR count). The van der Waals surface area contributed by atoms with Crippen molar-refractivity contribution in [2.24, 2.45) is 0 Å². The number of nitrogens with zero attached hydrogens (tertiary/aromatic N) is 3. The molecule has 0 fully saturated rings. The first-order valence-electron chi connectivity index (χ1n) is 8.20. The summed E-state index contributed by atoms with van der Waals surface area (Å²) in [6.07, 6.45) is 0. The molecule has 0 aromatic heterocycles. The van der Waals surface area contributed by atoms with Crippen LogP contribution in [0.2, 0.25) is 0 Å². The average molecular weight is 385 g/mol. The monoisotopic (exact) mass is 385 g/mol. The highest BCUT2D eigenvalue weighted by atomic mass is 16.6. The predicted octanol–water partition coefficient (Wildman–Crippen LogP) is 4.35. The molecule has 0 spiro atoms. The van der Waals surface area contributed by atoms with E-state index < -0.39 is 16.6 Å². The van der Waals surface area contributed by atoms with E-state index in [0.29, 0.717) is 5.75 Å². The maximum Gasteiger partial charge on any atom is 0.347 e. The normalized spacial score (nSPS) is 9.72. The molecular formula is C21H11N3O5. The zero-order valence-corrected chi connectivity index (χ0v) is 14.7. The van der Waals surface area contributed by atoms with Crippen LogP contribution < -0.4 is 9.47 Å². The van der Waals surface area contributed by atoms with E-state index >= 15 is 0 Å². The Hall–Kier alpha value is -4.69. The molecule has 0 saturated heterocycles. The fourth-order valence-corrected chi connectivity index (χ4v) is 2.47. The fraction of sp³-hybridized carbons (Fsp3) is 0. The number of benzene rings is 3. The molecule has 0 unspecified atom stereocenters. The zero-order chi connectivity index (χ0) is 20.8. The Kier molecular flexibility index (Phi) is 5.48. The van der Waals surface area contributed by atoms with Crippen LogP contribution in [0.25, 0.3) is 0 Å². The minimum atomic E-state index is -0.734. The molecule has 8 heteroatoms. The third kappa shape index (κ3) is 4.18. The van der Waals surface area contributed by atoms with Crippen molar-refractivity contribution in [1.29, 1.82) is 10.5 Å². The van der Waals surface area contributed by atoms with Crippen LogP contribution in [0.3, 0.4) is 0 Å². The third-order valence-corrected chi connectivity index (χ3v) is 3.82. The molecule has 0 aliphatic carbocycles. The van der Waals surface area contributed by atoms with Crippen molar-refractivity contribution in [2.45, 2.75) is 0 Å². The summed E-state index contributed by atoms with van der Waals surface area (Å²) >= 11 is 0. The molecule has 0 aliphatic rings. The van der Waals surface area contributed by atoms with E-state index in [1.54, 1.807) is 54.6 Å². The van der Waals surface area contributed by atoms with Gasteiger partial charge >= 0.3 is 11.7 Å². The van der Waals surface area contributed by atoms with Gasteiger partial charge < -0.3 is 9.47 Å². The molecule has 8 nitrogen and oxygen atoms in total. The molecule has 0 amide bonds. The lowest BCUT2D eigenvalue weighted by molar-refractivity contribution is -0.385. The molecule has 0 heterocycles. The summed E-state index contributed by atoms with van der Waals surface area (Å²) in [7, 11) is 0. The highest BCUT2D eigenvalue weighted by Gasteiger charge is 2.23. The van der Waals surface area contributed by atoms with E-state index in [4.69, 9.17) is 14.7 Å². The fourth-order valence-electron chi connectivity index (χ4n) is 2.47. The SMILES string of the molecule is N#Cc1cc(Oc2ccccc2C(=O)Oc2ccccc2)c([N+](=O)[O-])cc1C#N. The van der Waals surface area contributed by atoms with Crippen LogP contribution in [-0.2, 0) is 0 Å². The summed E-state index contributed by atoms with van der Waals surface area (Å²) in [4.78, 5) is 23.2. The standard InChI is InChI=1S/C21H11N3O5/c22-12-14-10-18(24(26)27)20(11-15(14)13-23)29-19-9-5-4-8-17(19)21(25)28-16-6-2-1-3-7-16/h1-11H. The van der Waals surface area contributed by atoms with Gasteiger partial charge in [-0.15, -0.1) is 0 Å². The first-order chi connectivity index (χ1) is 14.0. The van der Waals surface area contributed by atoms with Gasteiger partial charge in [-0.2, -0.15) is 10.5 Å². The Morgan fingerprint density at radius 3 is 2.17 bits per heavy atom. The van der Waals surface area contributed by atoms with Crippen molar-refractivity contribution in [1.82, 2.24) is 0 Å². The lowest BCUT2D eigenvalue weighted by Gasteiger charge is -2.11. The molecule has 0 radical (unpaired) electrons. The molecule has 0 atom stereocenters. The minimum absolute atomic E-state index is 0.00475. The van der Waals surface area contributed by atoms with Gasteiger partial charge in [-0.05, 0) is 24.3 Å². The van der Waals surface area contributed by atoms with Crippen LogP contribution in [0, 0.1) is 32.8 Å². The van der Waals surface area contributed by atoms with E-state index in [2.05, 4.69) is 0 Å². The molecule has 3 aromatic rings.